The number of hydrazine groups is 1. The van der Waals surface area contributed by atoms with E-state index in [2.05, 4.69) is 19.3 Å². The first-order valence-electron chi connectivity index (χ1n) is 5.15. The van der Waals surface area contributed by atoms with Crippen LogP contribution in [0, 0.1) is 5.92 Å². The lowest BCUT2D eigenvalue weighted by Crippen LogP contribution is -2.49. The van der Waals surface area contributed by atoms with Gasteiger partial charge in [0.15, 0.2) is 0 Å². The third-order valence-corrected chi connectivity index (χ3v) is 3.31. The van der Waals surface area contributed by atoms with Crippen molar-refractivity contribution >= 4 is 0 Å². The Morgan fingerprint density at radius 3 is 2.31 bits per heavy atom. The number of methoxy groups -OCH3 is 1. The fraction of sp³-hybridized carbons (Fsp3) is 1.00. The first kappa shape index (κ1) is 11.0. The molecule has 3 nitrogen and oxygen atoms in total. The van der Waals surface area contributed by atoms with Gasteiger partial charge < -0.3 is 4.74 Å². The standard InChI is InChI=1S/C10H22N2O/c1-8(2)9(12-11)7-10(13-3)5-4-6-10/h8-9,12H,4-7,11H2,1-3H3. The zero-order chi connectivity index (χ0) is 9.90. The normalized spacial score (nSPS) is 22.8. The molecule has 0 spiro atoms. The Morgan fingerprint density at radius 1 is 1.46 bits per heavy atom. The second kappa shape index (κ2) is 4.40. The highest BCUT2D eigenvalue weighted by Crippen LogP contribution is 2.39. The van der Waals surface area contributed by atoms with Gasteiger partial charge in [-0.3, -0.25) is 11.3 Å². The molecule has 0 bridgehead atoms. The first-order chi connectivity index (χ1) is 6.13. The average molecular weight is 186 g/mol. The Morgan fingerprint density at radius 2 is 2.08 bits per heavy atom. The summed E-state index contributed by atoms with van der Waals surface area (Å²) in [5, 5.41) is 0. The van der Waals surface area contributed by atoms with Gasteiger partial charge in [0.1, 0.15) is 0 Å². The highest BCUT2D eigenvalue weighted by molar-refractivity contribution is 4.93. The van der Waals surface area contributed by atoms with Crippen LogP contribution in [-0.4, -0.2) is 18.8 Å². The molecule has 1 unspecified atom stereocenters. The van der Waals surface area contributed by atoms with E-state index in [-0.39, 0.29) is 5.60 Å². The number of hydrogen-bond acceptors (Lipinski definition) is 3. The molecule has 0 heterocycles. The summed E-state index contributed by atoms with van der Waals surface area (Å²) in [5.74, 6) is 6.08. The van der Waals surface area contributed by atoms with Gasteiger partial charge in [0.2, 0.25) is 0 Å². The van der Waals surface area contributed by atoms with Crippen molar-refractivity contribution in [3.8, 4) is 0 Å². The van der Waals surface area contributed by atoms with Crippen molar-refractivity contribution in [2.75, 3.05) is 7.11 Å². The quantitative estimate of drug-likeness (QED) is 0.504. The van der Waals surface area contributed by atoms with Crippen molar-refractivity contribution in [2.45, 2.75) is 51.2 Å². The lowest BCUT2D eigenvalue weighted by Gasteiger charge is -2.43. The van der Waals surface area contributed by atoms with Crippen molar-refractivity contribution in [2.24, 2.45) is 11.8 Å². The Bertz CT molecular complexity index is 149. The van der Waals surface area contributed by atoms with Gasteiger partial charge in [0, 0.05) is 13.2 Å². The van der Waals surface area contributed by atoms with Crippen LogP contribution in [0.5, 0.6) is 0 Å². The molecule has 0 radical (unpaired) electrons. The fourth-order valence-corrected chi connectivity index (χ4v) is 1.95. The maximum atomic E-state index is 5.56. The highest BCUT2D eigenvalue weighted by atomic mass is 16.5. The molecule has 78 valence electrons. The number of ether oxygens (including phenoxy) is 1. The number of hydrogen-bond donors (Lipinski definition) is 2. The van der Waals surface area contributed by atoms with E-state index in [9.17, 15) is 0 Å². The summed E-state index contributed by atoms with van der Waals surface area (Å²) in [6.45, 7) is 4.37. The molecule has 0 amide bonds. The zero-order valence-corrected chi connectivity index (χ0v) is 8.97. The van der Waals surface area contributed by atoms with E-state index in [1.165, 1.54) is 19.3 Å². The van der Waals surface area contributed by atoms with Crippen molar-refractivity contribution in [1.82, 2.24) is 5.43 Å². The first-order valence-corrected chi connectivity index (χ1v) is 5.15. The van der Waals surface area contributed by atoms with E-state index in [1.54, 1.807) is 0 Å². The highest BCUT2D eigenvalue weighted by Gasteiger charge is 2.39. The van der Waals surface area contributed by atoms with E-state index in [4.69, 9.17) is 10.6 Å². The summed E-state index contributed by atoms with van der Waals surface area (Å²) in [6, 6.07) is 0.375. The van der Waals surface area contributed by atoms with Crippen molar-refractivity contribution < 1.29 is 4.74 Å². The maximum Gasteiger partial charge on any atom is 0.0694 e. The minimum absolute atomic E-state index is 0.126. The molecule has 13 heavy (non-hydrogen) atoms. The summed E-state index contributed by atoms with van der Waals surface area (Å²) in [7, 11) is 1.81. The molecule has 1 aliphatic carbocycles. The van der Waals surface area contributed by atoms with Crippen LogP contribution in [-0.2, 0) is 4.74 Å². The Balaban J connectivity index is 2.44. The second-order valence-corrected chi connectivity index (χ2v) is 4.46. The molecule has 1 aliphatic rings. The third-order valence-electron chi connectivity index (χ3n) is 3.31. The third kappa shape index (κ3) is 2.42. The summed E-state index contributed by atoms with van der Waals surface area (Å²) in [6.07, 6.45) is 4.71. The monoisotopic (exact) mass is 186 g/mol. The van der Waals surface area contributed by atoms with Crippen molar-refractivity contribution in [3.63, 3.8) is 0 Å². The van der Waals surface area contributed by atoms with Gasteiger partial charge in [-0.1, -0.05) is 13.8 Å². The molecule has 0 saturated heterocycles. The summed E-state index contributed by atoms with van der Waals surface area (Å²) < 4.78 is 5.56. The van der Waals surface area contributed by atoms with E-state index in [1.807, 2.05) is 7.11 Å². The van der Waals surface area contributed by atoms with Crippen LogP contribution in [0.3, 0.4) is 0 Å². The van der Waals surface area contributed by atoms with Crippen LogP contribution in [0.2, 0.25) is 0 Å². The van der Waals surface area contributed by atoms with E-state index in [0.717, 1.165) is 6.42 Å². The average Bonchev–Trinajstić information content (AvgIpc) is 2.03. The topological polar surface area (TPSA) is 47.3 Å². The molecule has 1 atom stereocenters. The SMILES string of the molecule is COC1(CC(NN)C(C)C)CCC1. The molecule has 1 fully saturated rings. The van der Waals surface area contributed by atoms with Gasteiger partial charge in [-0.25, -0.2) is 0 Å². The molecule has 0 aliphatic heterocycles. The van der Waals surface area contributed by atoms with Gasteiger partial charge in [0.05, 0.1) is 5.60 Å². The molecule has 0 aromatic rings. The van der Waals surface area contributed by atoms with Crippen LogP contribution in [0.25, 0.3) is 0 Å². The van der Waals surface area contributed by atoms with Crippen LogP contribution in [0.4, 0.5) is 0 Å². The second-order valence-electron chi connectivity index (χ2n) is 4.46. The Kier molecular flexibility index (Phi) is 3.71. The molecule has 1 saturated carbocycles. The van der Waals surface area contributed by atoms with Gasteiger partial charge in [-0.05, 0) is 31.6 Å². The van der Waals surface area contributed by atoms with Gasteiger partial charge in [0.25, 0.3) is 0 Å². The molecule has 1 rings (SSSR count). The van der Waals surface area contributed by atoms with Gasteiger partial charge in [-0.15, -0.1) is 0 Å². The lowest BCUT2D eigenvalue weighted by atomic mass is 9.74. The Labute approximate surface area is 81.0 Å². The predicted octanol–water partition coefficient (Wildman–Crippen LogP) is 1.43. The van der Waals surface area contributed by atoms with Crippen molar-refractivity contribution in [3.05, 3.63) is 0 Å². The zero-order valence-electron chi connectivity index (χ0n) is 8.97. The predicted molar refractivity (Wildman–Crippen MR) is 54.2 cm³/mol. The molecule has 3 heteroatoms. The molecular formula is C10H22N2O. The number of nitrogens with one attached hydrogen (secondary N) is 1. The molecular weight excluding hydrogens is 164 g/mol. The van der Waals surface area contributed by atoms with Crippen molar-refractivity contribution in [1.29, 1.82) is 0 Å². The van der Waals surface area contributed by atoms with Gasteiger partial charge >= 0.3 is 0 Å². The smallest absolute Gasteiger partial charge is 0.0694 e. The van der Waals surface area contributed by atoms with Gasteiger partial charge in [-0.2, -0.15) is 0 Å². The molecule has 3 N–H and O–H groups in total. The molecule has 0 aromatic heterocycles. The minimum atomic E-state index is 0.126. The van der Waals surface area contributed by atoms with Crippen LogP contribution < -0.4 is 11.3 Å². The summed E-state index contributed by atoms with van der Waals surface area (Å²) >= 11 is 0. The summed E-state index contributed by atoms with van der Waals surface area (Å²) in [4.78, 5) is 0. The van der Waals surface area contributed by atoms with E-state index >= 15 is 0 Å². The number of nitrogens with two attached hydrogens (primary N) is 1. The van der Waals surface area contributed by atoms with E-state index < -0.39 is 0 Å². The largest absolute Gasteiger partial charge is 0.378 e. The van der Waals surface area contributed by atoms with Crippen LogP contribution in [0.15, 0.2) is 0 Å². The fourth-order valence-electron chi connectivity index (χ4n) is 1.95. The molecule has 0 aromatic carbocycles. The van der Waals surface area contributed by atoms with E-state index in [0.29, 0.717) is 12.0 Å². The minimum Gasteiger partial charge on any atom is -0.378 e. The Hall–Kier alpha value is -0.120. The lowest BCUT2D eigenvalue weighted by molar-refractivity contribution is -0.0861. The number of rotatable bonds is 5. The summed E-state index contributed by atoms with van der Waals surface area (Å²) in [5.41, 5.74) is 3.01. The van der Waals surface area contributed by atoms with Crippen LogP contribution in [0.1, 0.15) is 39.5 Å². The van der Waals surface area contributed by atoms with Crippen LogP contribution >= 0.6 is 0 Å². The maximum absolute atomic E-state index is 5.56.